The van der Waals surface area contributed by atoms with E-state index in [-0.39, 0.29) is 5.92 Å². The Morgan fingerprint density at radius 3 is 3.00 bits per heavy atom. The summed E-state index contributed by atoms with van der Waals surface area (Å²) in [6.07, 6.45) is 1.66. The number of aromatic nitrogens is 1. The molecule has 0 fully saturated rings. The molecule has 0 radical (unpaired) electrons. The van der Waals surface area contributed by atoms with Crippen molar-refractivity contribution in [2.75, 3.05) is 6.61 Å². The fourth-order valence-electron chi connectivity index (χ4n) is 0.695. The van der Waals surface area contributed by atoms with Crippen LogP contribution in [-0.4, -0.2) is 11.6 Å². The summed E-state index contributed by atoms with van der Waals surface area (Å²) in [7, 11) is 0. The van der Waals surface area contributed by atoms with Crippen LogP contribution in [0.2, 0.25) is 0 Å². The second-order valence-electron chi connectivity index (χ2n) is 2.66. The molecule has 0 spiro atoms. The second kappa shape index (κ2) is 4.83. The van der Waals surface area contributed by atoms with E-state index in [9.17, 15) is 0 Å². The van der Waals surface area contributed by atoms with Gasteiger partial charge in [0.1, 0.15) is 6.61 Å². The highest BCUT2D eigenvalue weighted by Crippen LogP contribution is 2.12. The number of halogens is 1. The Bertz CT molecular complexity index is 304. The number of hydrogen-bond acceptors (Lipinski definition) is 3. The Kier molecular flexibility index (Phi) is 3.71. The Morgan fingerprint density at radius 1 is 1.69 bits per heavy atom. The topological polar surface area (TPSA) is 45.9 Å². The van der Waals surface area contributed by atoms with Gasteiger partial charge in [0.05, 0.1) is 12.0 Å². The van der Waals surface area contributed by atoms with Crippen molar-refractivity contribution in [2.24, 2.45) is 5.92 Å². The molecule has 1 heterocycles. The van der Waals surface area contributed by atoms with E-state index >= 15 is 0 Å². The van der Waals surface area contributed by atoms with E-state index in [2.05, 4.69) is 27.0 Å². The lowest BCUT2D eigenvalue weighted by molar-refractivity contribution is 0.277. The highest BCUT2D eigenvalue weighted by molar-refractivity contribution is 9.10. The van der Waals surface area contributed by atoms with Crippen molar-refractivity contribution in [2.45, 2.75) is 6.92 Å². The molecule has 3 nitrogen and oxygen atoms in total. The highest BCUT2D eigenvalue weighted by Gasteiger charge is 2.00. The number of nitrogens with zero attached hydrogens (tertiary/aromatic N) is 2. The molecule has 68 valence electrons. The van der Waals surface area contributed by atoms with E-state index in [1.807, 2.05) is 6.07 Å². The van der Waals surface area contributed by atoms with E-state index in [0.29, 0.717) is 12.5 Å². The Morgan fingerprint density at radius 2 is 2.46 bits per heavy atom. The van der Waals surface area contributed by atoms with Crippen LogP contribution in [0.5, 0.6) is 5.88 Å². The van der Waals surface area contributed by atoms with Crippen LogP contribution in [0.15, 0.2) is 22.8 Å². The Labute approximate surface area is 85.5 Å². The van der Waals surface area contributed by atoms with E-state index in [4.69, 9.17) is 10.00 Å². The van der Waals surface area contributed by atoms with Crippen molar-refractivity contribution in [3.63, 3.8) is 0 Å². The van der Waals surface area contributed by atoms with Crippen LogP contribution < -0.4 is 4.74 Å². The first-order valence-electron chi connectivity index (χ1n) is 3.86. The normalized spacial score (nSPS) is 11.8. The molecule has 0 amide bonds. The Hall–Kier alpha value is -1.08. The maximum Gasteiger partial charge on any atom is 0.213 e. The first kappa shape index (κ1) is 10.0. The van der Waals surface area contributed by atoms with Crippen molar-refractivity contribution in [3.8, 4) is 11.9 Å². The van der Waals surface area contributed by atoms with Crippen LogP contribution in [0.3, 0.4) is 0 Å². The fourth-order valence-corrected chi connectivity index (χ4v) is 0.930. The molecule has 13 heavy (non-hydrogen) atoms. The lowest BCUT2D eigenvalue weighted by Crippen LogP contribution is -2.06. The summed E-state index contributed by atoms with van der Waals surface area (Å²) in [5.74, 6) is 0.441. The number of rotatable bonds is 3. The lowest BCUT2D eigenvalue weighted by Gasteiger charge is -2.05. The summed E-state index contributed by atoms with van der Waals surface area (Å²) in [4.78, 5) is 4.01. The molecular weight excluding hydrogens is 232 g/mol. The number of hydrogen-bond donors (Lipinski definition) is 0. The third-order valence-corrected chi connectivity index (χ3v) is 1.87. The molecule has 0 aliphatic rings. The minimum atomic E-state index is -0.106. The van der Waals surface area contributed by atoms with Crippen LogP contribution in [-0.2, 0) is 0 Å². The van der Waals surface area contributed by atoms with Gasteiger partial charge in [-0.1, -0.05) is 0 Å². The Balaban J connectivity index is 2.47. The van der Waals surface area contributed by atoms with Crippen molar-refractivity contribution >= 4 is 15.9 Å². The molecule has 1 rings (SSSR count). The van der Waals surface area contributed by atoms with E-state index in [0.717, 1.165) is 4.47 Å². The molecular formula is C9H9BrN2O. The van der Waals surface area contributed by atoms with Crippen LogP contribution in [0.1, 0.15) is 6.92 Å². The summed E-state index contributed by atoms with van der Waals surface area (Å²) >= 11 is 3.27. The average molecular weight is 241 g/mol. The number of ether oxygens (including phenoxy) is 1. The molecule has 1 aromatic rings. The molecule has 0 aliphatic carbocycles. The fraction of sp³-hybridized carbons (Fsp3) is 0.333. The van der Waals surface area contributed by atoms with Crippen molar-refractivity contribution < 1.29 is 4.74 Å². The first-order chi connectivity index (χ1) is 6.22. The third kappa shape index (κ3) is 3.43. The maximum absolute atomic E-state index is 8.50. The van der Waals surface area contributed by atoms with Gasteiger partial charge in [-0.15, -0.1) is 0 Å². The van der Waals surface area contributed by atoms with Crippen molar-refractivity contribution in [1.82, 2.24) is 4.98 Å². The van der Waals surface area contributed by atoms with Gasteiger partial charge in [0.25, 0.3) is 0 Å². The second-order valence-corrected chi connectivity index (χ2v) is 3.57. The monoisotopic (exact) mass is 240 g/mol. The standard InChI is InChI=1S/C9H9BrN2O/c1-7(4-11)6-13-9-3-2-8(10)5-12-9/h2-3,5,7H,6H2,1H3. The predicted molar refractivity (Wildman–Crippen MR) is 52.2 cm³/mol. The molecule has 1 aromatic heterocycles. The van der Waals surface area contributed by atoms with Crippen LogP contribution >= 0.6 is 15.9 Å². The quantitative estimate of drug-likeness (QED) is 0.816. The van der Waals surface area contributed by atoms with E-state index in [1.165, 1.54) is 0 Å². The largest absolute Gasteiger partial charge is 0.476 e. The molecule has 0 saturated heterocycles. The maximum atomic E-state index is 8.50. The van der Waals surface area contributed by atoms with Gasteiger partial charge in [0.15, 0.2) is 0 Å². The molecule has 1 atom stereocenters. The summed E-state index contributed by atoms with van der Waals surface area (Å²) in [5, 5.41) is 8.50. The van der Waals surface area contributed by atoms with Gasteiger partial charge >= 0.3 is 0 Å². The predicted octanol–water partition coefficient (Wildman–Crippen LogP) is 2.38. The van der Waals surface area contributed by atoms with Gasteiger partial charge in [-0.05, 0) is 28.9 Å². The zero-order chi connectivity index (χ0) is 9.68. The summed E-state index contributed by atoms with van der Waals surface area (Å²) in [6.45, 7) is 2.18. The van der Waals surface area contributed by atoms with Crippen LogP contribution in [0, 0.1) is 17.2 Å². The molecule has 0 saturated carbocycles. The SMILES string of the molecule is CC(C#N)COc1ccc(Br)cn1. The van der Waals surface area contributed by atoms with Crippen molar-refractivity contribution in [1.29, 1.82) is 5.26 Å². The number of pyridine rings is 1. The number of nitriles is 1. The minimum Gasteiger partial charge on any atom is -0.476 e. The molecule has 0 N–H and O–H groups in total. The van der Waals surface area contributed by atoms with Gasteiger partial charge in [-0.2, -0.15) is 5.26 Å². The van der Waals surface area contributed by atoms with Gasteiger partial charge in [0, 0.05) is 16.7 Å². The van der Waals surface area contributed by atoms with Gasteiger partial charge in [-0.25, -0.2) is 4.98 Å². The van der Waals surface area contributed by atoms with Crippen LogP contribution in [0.4, 0.5) is 0 Å². The van der Waals surface area contributed by atoms with E-state index in [1.54, 1.807) is 19.2 Å². The van der Waals surface area contributed by atoms with Gasteiger partial charge in [-0.3, -0.25) is 0 Å². The zero-order valence-corrected chi connectivity index (χ0v) is 8.78. The molecule has 4 heteroatoms. The molecule has 1 unspecified atom stereocenters. The molecule has 0 aromatic carbocycles. The lowest BCUT2D eigenvalue weighted by atomic mass is 10.2. The van der Waals surface area contributed by atoms with Gasteiger partial charge < -0.3 is 4.74 Å². The zero-order valence-electron chi connectivity index (χ0n) is 7.20. The minimum absolute atomic E-state index is 0.106. The molecule has 0 bridgehead atoms. The summed E-state index contributed by atoms with van der Waals surface area (Å²) in [5.41, 5.74) is 0. The van der Waals surface area contributed by atoms with E-state index < -0.39 is 0 Å². The first-order valence-corrected chi connectivity index (χ1v) is 4.65. The van der Waals surface area contributed by atoms with Gasteiger partial charge in [0.2, 0.25) is 5.88 Å². The summed E-state index contributed by atoms with van der Waals surface area (Å²) in [6, 6.07) is 5.69. The average Bonchev–Trinajstić information content (AvgIpc) is 2.16. The highest BCUT2D eigenvalue weighted by atomic mass is 79.9. The summed E-state index contributed by atoms with van der Waals surface area (Å²) < 4.78 is 6.17. The smallest absolute Gasteiger partial charge is 0.213 e. The molecule has 0 aliphatic heterocycles. The third-order valence-electron chi connectivity index (χ3n) is 1.40. The van der Waals surface area contributed by atoms with Crippen molar-refractivity contribution in [3.05, 3.63) is 22.8 Å². The van der Waals surface area contributed by atoms with Crippen LogP contribution in [0.25, 0.3) is 0 Å².